The van der Waals surface area contributed by atoms with Gasteiger partial charge in [-0.15, -0.1) is 0 Å². The quantitative estimate of drug-likeness (QED) is 0.857. The van der Waals surface area contributed by atoms with E-state index in [9.17, 15) is 9.59 Å². The molecule has 1 rings (SSSR count). The van der Waals surface area contributed by atoms with Crippen LogP contribution in [-0.4, -0.2) is 18.6 Å². The van der Waals surface area contributed by atoms with Crippen LogP contribution in [0, 0.1) is 5.92 Å². The Labute approximate surface area is 113 Å². The number of amides is 2. The number of anilines is 2. The van der Waals surface area contributed by atoms with Crippen LogP contribution in [0.3, 0.4) is 0 Å². The Hall–Kier alpha value is -2.04. The molecule has 0 aliphatic carbocycles. The molecule has 0 bridgehead atoms. The normalized spacial score (nSPS) is 10.1. The van der Waals surface area contributed by atoms with Crippen molar-refractivity contribution in [2.45, 2.75) is 27.2 Å². The van der Waals surface area contributed by atoms with E-state index in [1.165, 1.54) is 0 Å². The Morgan fingerprint density at radius 2 is 1.63 bits per heavy atom. The Morgan fingerprint density at radius 1 is 1.11 bits per heavy atom. The average Bonchev–Trinajstić information content (AvgIpc) is 2.31. The molecular formula is C14H20N2O3. The monoisotopic (exact) mass is 264 g/mol. The van der Waals surface area contributed by atoms with Gasteiger partial charge in [0.2, 0.25) is 5.91 Å². The van der Waals surface area contributed by atoms with Gasteiger partial charge in [-0.25, -0.2) is 4.79 Å². The van der Waals surface area contributed by atoms with E-state index in [1.54, 1.807) is 31.2 Å². The highest BCUT2D eigenvalue weighted by molar-refractivity contribution is 5.91. The molecule has 0 saturated carbocycles. The maximum absolute atomic E-state index is 11.6. The summed E-state index contributed by atoms with van der Waals surface area (Å²) in [6.07, 6.45) is 0.00197. The van der Waals surface area contributed by atoms with Crippen molar-refractivity contribution in [3.63, 3.8) is 0 Å². The summed E-state index contributed by atoms with van der Waals surface area (Å²) in [5.41, 5.74) is 1.33. The second-order valence-electron chi connectivity index (χ2n) is 4.57. The molecule has 104 valence electrons. The van der Waals surface area contributed by atoms with Crippen molar-refractivity contribution in [3.8, 4) is 0 Å². The van der Waals surface area contributed by atoms with E-state index >= 15 is 0 Å². The number of carbonyl (C=O) groups excluding carboxylic acids is 2. The summed E-state index contributed by atoms with van der Waals surface area (Å²) in [5, 5.41) is 5.38. The third-order valence-electron chi connectivity index (χ3n) is 2.28. The number of hydrogen-bond acceptors (Lipinski definition) is 3. The van der Waals surface area contributed by atoms with Crippen molar-refractivity contribution in [1.82, 2.24) is 0 Å². The minimum atomic E-state index is -0.487. The van der Waals surface area contributed by atoms with Gasteiger partial charge in [-0.05, 0) is 37.1 Å². The van der Waals surface area contributed by atoms with Gasteiger partial charge >= 0.3 is 6.09 Å². The first-order valence-electron chi connectivity index (χ1n) is 6.35. The molecule has 0 radical (unpaired) electrons. The summed E-state index contributed by atoms with van der Waals surface area (Å²) >= 11 is 0. The van der Waals surface area contributed by atoms with E-state index in [4.69, 9.17) is 4.74 Å². The Balaban J connectivity index is 2.52. The first-order valence-corrected chi connectivity index (χ1v) is 6.35. The lowest BCUT2D eigenvalue weighted by Crippen LogP contribution is -2.14. The zero-order chi connectivity index (χ0) is 14.3. The smallest absolute Gasteiger partial charge is 0.411 e. The van der Waals surface area contributed by atoms with E-state index in [2.05, 4.69) is 10.6 Å². The second-order valence-corrected chi connectivity index (χ2v) is 4.57. The number of carbonyl (C=O) groups is 2. The highest BCUT2D eigenvalue weighted by atomic mass is 16.5. The summed E-state index contributed by atoms with van der Waals surface area (Å²) in [6, 6.07) is 6.89. The van der Waals surface area contributed by atoms with E-state index in [-0.39, 0.29) is 5.91 Å². The molecule has 0 aromatic heterocycles. The lowest BCUT2D eigenvalue weighted by Gasteiger charge is -2.09. The van der Waals surface area contributed by atoms with Gasteiger partial charge < -0.3 is 10.1 Å². The highest BCUT2D eigenvalue weighted by Gasteiger charge is 2.06. The van der Waals surface area contributed by atoms with E-state index in [0.29, 0.717) is 30.3 Å². The fourth-order valence-corrected chi connectivity index (χ4v) is 1.50. The molecule has 5 nitrogen and oxygen atoms in total. The first-order chi connectivity index (χ1) is 9.01. The Kier molecular flexibility index (Phi) is 5.85. The summed E-state index contributed by atoms with van der Waals surface area (Å²) in [4.78, 5) is 22.8. The van der Waals surface area contributed by atoms with Gasteiger partial charge in [0.25, 0.3) is 0 Å². The van der Waals surface area contributed by atoms with Crippen molar-refractivity contribution in [2.24, 2.45) is 5.92 Å². The second kappa shape index (κ2) is 7.41. The fraction of sp³-hybridized carbons (Fsp3) is 0.429. The highest BCUT2D eigenvalue weighted by Crippen LogP contribution is 2.14. The molecule has 0 saturated heterocycles. The first kappa shape index (κ1) is 15.0. The Morgan fingerprint density at radius 3 is 2.11 bits per heavy atom. The SMILES string of the molecule is CCOC(=O)Nc1ccc(NC(=O)CC(C)C)cc1. The minimum absolute atomic E-state index is 0.0129. The summed E-state index contributed by atoms with van der Waals surface area (Å²) in [5.74, 6) is 0.311. The van der Waals surface area contributed by atoms with Crippen LogP contribution in [0.25, 0.3) is 0 Å². The maximum atomic E-state index is 11.6. The fourth-order valence-electron chi connectivity index (χ4n) is 1.50. The van der Waals surface area contributed by atoms with E-state index < -0.39 is 6.09 Å². The molecule has 0 fully saturated rings. The van der Waals surface area contributed by atoms with E-state index in [1.807, 2.05) is 13.8 Å². The summed E-state index contributed by atoms with van der Waals surface area (Å²) < 4.78 is 4.76. The van der Waals surface area contributed by atoms with Crippen molar-refractivity contribution in [3.05, 3.63) is 24.3 Å². The van der Waals surface area contributed by atoms with Crippen LogP contribution in [-0.2, 0) is 9.53 Å². The predicted molar refractivity (Wildman–Crippen MR) is 75.2 cm³/mol. The van der Waals surface area contributed by atoms with E-state index in [0.717, 1.165) is 0 Å². The van der Waals surface area contributed by atoms with Crippen LogP contribution in [0.2, 0.25) is 0 Å². The van der Waals surface area contributed by atoms with Crippen LogP contribution in [0.15, 0.2) is 24.3 Å². The molecule has 0 atom stereocenters. The molecule has 19 heavy (non-hydrogen) atoms. The average molecular weight is 264 g/mol. The molecule has 2 amide bonds. The third kappa shape index (κ3) is 5.90. The molecule has 5 heteroatoms. The van der Waals surface area contributed by atoms with Gasteiger partial charge in [-0.1, -0.05) is 13.8 Å². The van der Waals surface area contributed by atoms with Gasteiger partial charge in [-0.2, -0.15) is 0 Å². The topological polar surface area (TPSA) is 67.4 Å². The lowest BCUT2D eigenvalue weighted by atomic mass is 10.1. The van der Waals surface area contributed by atoms with Crippen LogP contribution in [0.4, 0.5) is 16.2 Å². The third-order valence-corrected chi connectivity index (χ3v) is 2.28. The number of benzene rings is 1. The molecule has 0 unspecified atom stereocenters. The largest absolute Gasteiger partial charge is 0.450 e. The van der Waals surface area contributed by atoms with Crippen molar-refractivity contribution < 1.29 is 14.3 Å². The van der Waals surface area contributed by atoms with Crippen molar-refractivity contribution in [1.29, 1.82) is 0 Å². The van der Waals surface area contributed by atoms with Crippen molar-refractivity contribution >= 4 is 23.4 Å². The molecular weight excluding hydrogens is 244 g/mol. The van der Waals surface area contributed by atoms with Gasteiger partial charge in [0.05, 0.1) is 6.61 Å². The molecule has 0 aliphatic heterocycles. The molecule has 0 heterocycles. The van der Waals surface area contributed by atoms with Crippen LogP contribution < -0.4 is 10.6 Å². The number of rotatable bonds is 5. The zero-order valence-corrected chi connectivity index (χ0v) is 11.5. The van der Waals surface area contributed by atoms with Gasteiger partial charge in [0.1, 0.15) is 0 Å². The van der Waals surface area contributed by atoms with Gasteiger partial charge in [-0.3, -0.25) is 10.1 Å². The standard InChI is InChI=1S/C14H20N2O3/c1-4-19-14(18)16-12-7-5-11(6-8-12)15-13(17)9-10(2)3/h5-8,10H,4,9H2,1-3H3,(H,15,17)(H,16,18). The molecule has 1 aromatic carbocycles. The predicted octanol–water partition coefficient (Wildman–Crippen LogP) is 3.24. The lowest BCUT2D eigenvalue weighted by molar-refractivity contribution is -0.116. The Bertz CT molecular complexity index is 427. The van der Waals surface area contributed by atoms with Crippen LogP contribution >= 0.6 is 0 Å². The molecule has 0 aliphatic rings. The van der Waals surface area contributed by atoms with Gasteiger partial charge in [0, 0.05) is 17.8 Å². The maximum Gasteiger partial charge on any atom is 0.411 e. The number of nitrogens with one attached hydrogen (secondary N) is 2. The van der Waals surface area contributed by atoms with Crippen LogP contribution in [0.5, 0.6) is 0 Å². The van der Waals surface area contributed by atoms with Gasteiger partial charge in [0.15, 0.2) is 0 Å². The molecule has 0 spiro atoms. The minimum Gasteiger partial charge on any atom is -0.450 e. The zero-order valence-electron chi connectivity index (χ0n) is 11.5. The molecule has 1 aromatic rings. The summed E-state index contributed by atoms with van der Waals surface area (Å²) in [7, 11) is 0. The summed E-state index contributed by atoms with van der Waals surface area (Å²) in [6.45, 7) is 6.06. The van der Waals surface area contributed by atoms with Crippen molar-refractivity contribution in [2.75, 3.05) is 17.2 Å². The number of ether oxygens (including phenoxy) is 1. The molecule has 2 N–H and O–H groups in total. The number of hydrogen-bond donors (Lipinski definition) is 2. The van der Waals surface area contributed by atoms with Crippen LogP contribution in [0.1, 0.15) is 27.2 Å².